The first kappa shape index (κ1) is 25.4. The number of halogens is 1. The van der Waals surface area contributed by atoms with Crippen LogP contribution in [0.15, 0.2) is 58.6 Å². The Kier molecular flexibility index (Phi) is 8.59. The van der Waals surface area contributed by atoms with Crippen molar-refractivity contribution in [1.29, 1.82) is 0 Å². The molecule has 7 nitrogen and oxygen atoms in total. The fraction of sp³-hybridized carbons (Fsp3) is 0.407. The van der Waals surface area contributed by atoms with Crippen LogP contribution in [0.4, 0.5) is 0 Å². The molecule has 2 aromatic rings. The lowest BCUT2D eigenvalue weighted by atomic mass is 9.95. The first-order chi connectivity index (χ1) is 17.0. The monoisotopic (exact) mass is 542 g/mol. The standard InChI is InChI=1S/C27H31BrN2O5/c1-2-3-14-35-22-9-5-7-20(18-22)25(31)23-24(19-6-4-8-21(28)17-19)30(27(33)26(23)32)11-10-29-12-15-34-16-13-29/h4-9,17-18,24,31H,2-3,10-16H2,1H3. The Labute approximate surface area is 214 Å². The van der Waals surface area contributed by atoms with Crippen LogP contribution in [0.3, 0.4) is 0 Å². The van der Waals surface area contributed by atoms with E-state index in [1.165, 1.54) is 0 Å². The molecule has 0 bridgehead atoms. The molecule has 1 N–H and O–H groups in total. The molecule has 2 heterocycles. The van der Waals surface area contributed by atoms with E-state index in [2.05, 4.69) is 27.8 Å². The third kappa shape index (κ3) is 5.94. The van der Waals surface area contributed by atoms with E-state index in [0.29, 0.717) is 44.2 Å². The van der Waals surface area contributed by atoms with Crippen LogP contribution in [0.1, 0.15) is 36.9 Å². The van der Waals surface area contributed by atoms with Gasteiger partial charge in [-0.05, 0) is 36.2 Å². The van der Waals surface area contributed by atoms with Crippen LogP contribution in [-0.2, 0) is 14.3 Å². The van der Waals surface area contributed by atoms with Crippen LogP contribution < -0.4 is 4.74 Å². The van der Waals surface area contributed by atoms with Crippen LogP contribution in [0.2, 0.25) is 0 Å². The Morgan fingerprint density at radius 3 is 2.63 bits per heavy atom. The number of rotatable bonds is 9. The molecule has 2 aliphatic heterocycles. The molecule has 0 aliphatic carbocycles. The van der Waals surface area contributed by atoms with Crippen molar-refractivity contribution in [2.45, 2.75) is 25.8 Å². The maximum Gasteiger partial charge on any atom is 0.295 e. The average Bonchev–Trinajstić information content (AvgIpc) is 3.13. The van der Waals surface area contributed by atoms with Gasteiger partial charge in [-0.25, -0.2) is 0 Å². The van der Waals surface area contributed by atoms with Gasteiger partial charge in [0.15, 0.2) is 0 Å². The highest BCUT2D eigenvalue weighted by molar-refractivity contribution is 9.10. The lowest BCUT2D eigenvalue weighted by molar-refractivity contribution is -0.140. The minimum atomic E-state index is -0.682. The third-order valence-corrected chi connectivity index (χ3v) is 6.83. The second kappa shape index (κ2) is 11.8. The Bertz CT molecular complexity index is 1100. The number of carbonyl (C=O) groups excluding carboxylic acids is 2. The minimum absolute atomic E-state index is 0.0979. The summed E-state index contributed by atoms with van der Waals surface area (Å²) in [5, 5.41) is 11.3. The van der Waals surface area contributed by atoms with Gasteiger partial charge in [0, 0.05) is 36.2 Å². The van der Waals surface area contributed by atoms with Crippen LogP contribution in [-0.4, -0.2) is 72.6 Å². The summed E-state index contributed by atoms with van der Waals surface area (Å²) in [6.07, 6.45) is 1.94. The highest BCUT2D eigenvalue weighted by atomic mass is 79.9. The zero-order valence-corrected chi connectivity index (χ0v) is 21.5. The molecule has 0 aromatic heterocycles. The number of unbranched alkanes of at least 4 members (excludes halogenated alkanes) is 1. The van der Waals surface area contributed by atoms with Gasteiger partial charge in [-0.1, -0.05) is 53.5 Å². The lowest BCUT2D eigenvalue weighted by Crippen LogP contribution is -2.42. The summed E-state index contributed by atoms with van der Waals surface area (Å²) in [7, 11) is 0. The minimum Gasteiger partial charge on any atom is -0.507 e. The molecular weight excluding hydrogens is 512 g/mol. The van der Waals surface area contributed by atoms with E-state index in [-0.39, 0.29) is 11.3 Å². The molecule has 1 amide bonds. The largest absolute Gasteiger partial charge is 0.507 e. The summed E-state index contributed by atoms with van der Waals surface area (Å²) < 4.78 is 12.0. The van der Waals surface area contributed by atoms with Gasteiger partial charge in [0.05, 0.1) is 31.4 Å². The van der Waals surface area contributed by atoms with E-state index in [4.69, 9.17) is 9.47 Å². The second-order valence-corrected chi connectivity index (χ2v) is 9.65. The van der Waals surface area contributed by atoms with Gasteiger partial charge in [0.25, 0.3) is 11.7 Å². The van der Waals surface area contributed by atoms with Gasteiger partial charge in [0.1, 0.15) is 11.5 Å². The molecule has 0 saturated carbocycles. The molecule has 2 aliphatic rings. The maximum absolute atomic E-state index is 13.3. The number of Topliss-reactive ketones (excluding diaryl/α,β-unsaturated/α-hetero) is 1. The van der Waals surface area contributed by atoms with Crippen molar-refractivity contribution in [3.63, 3.8) is 0 Å². The number of benzene rings is 2. The number of carbonyl (C=O) groups is 2. The highest BCUT2D eigenvalue weighted by Gasteiger charge is 2.46. The first-order valence-corrected chi connectivity index (χ1v) is 12.9. The van der Waals surface area contributed by atoms with Crippen molar-refractivity contribution in [3.05, 3.63) is 69.7 Å². The molecule has 1 atom stereocenters. The lowest BCUT2D eigenvalue weighted by Gasteiger charge is -2.31. The fourth-order valence-corrected chi connectivity index (χ4v) is 4.85. The number of hydrogen-bond acceptors (Lipinski definition) is 6. The van der Waals surface area contributed by atoms with Gasteiger partial charge in [-0.15, -0.1) is 0 Å². The Morgan fingerprint density at radius 2 is 1.89 bits per heavy atom. The normalized spacial score (nSPS) is 20.4. The number of nitrogens with zero attached hydrogens (tertiary/aromatic N) is 2. The topological polar surface area (TPSA) is 79.3 Å². The number of amides is 1. The van der Waals surface area contributed by atoms with Crippen molar-refractivity contribution in [2.75, 3.05) is 46.0 Å². The summed E-state index contributed by atoms with van der Waals surface area (Å²) in [5.41, 5.74) is 1.31. The van der Waals surface area contributed by atoms with Gasteiger partial charge in [-0.2, -0.15) is 0 Å². The molecule has 2 aromatic carbocycles. The zero-order valence-electron chi connectivity index (χ0n) is 19.9. The van der Waals surface area contributed by atoms with Gasteiger partial charge >= 0.3 is 0 Å². The number of aliphatic hydroxyl groups is 1. The molecule has 0 radical (unpaired) electrons. The van der Waals surface area contributed by atoms with E-state index in [1.54, 1.807) is 23.1 Å². The molecule has 35 heavy (non-hydrogen) atoms. The summed E-state index contributed by atoms with van der Waals surface area (Å²) in [6.45, 7) is 6.55. The molecule has 2 fully saturated rings. The summed E-state index contributed by atoms with van der Waals surface area (Å²) >= 11 is 3.50. The number of ether oxygens (including phenoxy) is 2. The van der Waals surface area contributed by atoms with E-state index in [0.717, 1.165) is 36.0 Å². The molecule has 0 spiro atoms. The van der Waals surface area contributed by atoms with Crippen LogP contribution in [0.25, 0.3) is 5.76 Å². The molecule has 1 unspecified atom stereocenters. The second-order valence-electron chi connectivity index (χ2n) is 8.73. The molecule has 8 heteroatoms. The number of morpholine rings is 1. The third-order valence-electron chi connectivity index (χ3n) is 6.34. The Hall–Kier alpha value is -2.68. The average molecular weight is 543 g/mol. The van der Waals surface area contributed by atoms with E-state index >= 15 is 0 Å². The van der Waals surface area contributed by atoms with Gasteiger partial charge < -0.3 is 19.5 Å². The van der Waals surface area contributed by atoms with Crippen molar-refractivity contribution in [1.82, 2.24) is 9.80 Å². The zero-order chi connectivity index (χ0) is 24.8. The van der Waals surface area contributed by atoms with E-state index < -0.39 is 17.7 Å². The van der Waals surface area contributed by atoms with Gasteiger partial charge in [0.2, 0.25) is 0 Å². The molecule has 186 valence electrons. The quantitative estimate of drug-likeness (QED) is 0.219. The fourth-order valence-electron chi connectivity index (χ4n) is 4.43. The van der Waals surface area contributed by atoms with Crippen LogP contribution >= 0.6 is 15.9 Å². The Morgan fingerprint density at radius 1 is 1.11 bits per heavy atom. The van der Waals surface area contributed by atoms with Crippen LogP contribution in [0.5, 0.6) is 5.75 Å². The van der Waals surface area contributed by atoms with Gasteiger partial charge in [-0.3, -0.25) is 14.5 Å². The first-order valence-electron chi connectivity index (χ1n) is 12.1. The summed E-state index contributed by atoms with van der Waals surface area (Å²) in [4.78, 5) is 30.2. The molecule has 2 saturated heterocycles. The number of ketones is 1. The van der Waals surface area contributed by atoms with E-state index in [1.807, 2.05) is 30.3 Å². The van der Waals surface area contributed by atoms with Crippen molar-refractivity contribution in [3.8, 4) is 5.75 Å². The highest BCUT2D eigenvalue weighted by Crippen LogP contribution is 2.40. The van der Waals surface area contributed by atoms with Crippen molar-refractivity contribution >= 4 is 33.4 Å². The SMILES string of the molecule is CCCCOc1cccc(C(O)=C2C(=O)C(=O)N(CCN3CCOCC3)C2c2cccc(Br)c2)c1. The summed E-state index contributed by atoms with van der Waals surface area (Å²) in [6, 6.07) is 13.9. The Balaban J connectivity index is 1.69. The number of hydrogen-bond donors (Lipinski definition) is 1. The number of aliphatic hydroxyl groups excluding tert-OH is 1. The predicted octanol–water partition coefficient (Wildman–Crippen LogP) is 4.38. The predicted molar refractivity (Wildman–Crippen MR) is 137 cm³/mol. The number of likely N-dealkylation sites (tertiary alicyclic amines) is 1. The molecule has 4 rings (SSSR count). The maximum atomic E-state index is 13.3. The van der Waals surface area contributed by atoms with Crippen molar-refractivity contribution < 1.29 is 24.2 Å². The summed E-state index contributed by atoms with van der Waals surface area (Å²) in [5.74, 6) is -0.849. The van der Waals surface area contributed by atoms with Crippen LogP contribution in [0, 0.1) is 0 Å². The van der Waals surface area contributed by atoms with E-state index in [9.17, 15) is 14.7 Å². The molecular formula is C27H31BrN2O5. The smallest absolute Gasteiger partial charge is 0.295 e. The van der Waals surface area contributed by atoms with Crippen molar-refractivity contribution in [2.24, 2.45) is 0 Å².